The van der Waals surface area contributed by atoms with Crippen LogP contribution in [0.5, 0.6) is 0 Å². The molecule has 0 unspecified atom stereocenters. The Morgan fingerprint density at radius 1 is 1.39 bits per heavy atom. The van der Waals surface area contributed by atoms with Crippen LogP contribution in [0.4, 0.5) is 0 Å². The Bertz CT molecular complexity index is 536. The topological polar surface area (TPSA) is 49.4 Å². The molecule has 1 aromatic rings. The van der Waals surface area contributed by atoms with Crippen LogP contribution in [0.15, 0.2) is 23.1 Å². The van der Waals surface area contributed by atoms with E-state index in [0.29, 0.717) is 11.4 Å². The van der Waals surface area contributed by atoms with Gasteiger partial charge in [-0.2, -0.15) is 4.31 Å². The van der Waals surface area contributed by atoms with E-state index < -0.39 is 10.0 Å². The van der Waals surface area contributed by atoms with Crippen molar-refractivity contribution in [3.8, 4) is 0 Å². The molecule has 1 saturated carbocycles. The van der Waals surface area contributed by atoms with Gasteiger partial charge in [0.15, 0.2) is 0 Å². The van der Waals surface area contributed by atoms with Crippen LogP contribution in [-0.4, -0.2) is 32.9 Å². The van der Waals surface area contributed by atoms with Gasteiger partial charge in [-0.15, -0.1) is 0 Å². The van der Waals surface area contributed by atoms with Crippen molar-refractivity contribution < 1.29 is 8.42 Å². The summed E-state index contributed by atoms with van der Waals surface area (Å²) in [4.78, 5) is 0.435. The van der Waals surface area contributed by atoms with Crippen LogP contribution < -0.4 is 5.32 Å². The minimum Gasteiger partial charge on any atom is -0.316 e. The number of sulfonamides is 1. The van der Waals surface area contributed by atoms with Gasteiger partial charge in [0, 0.05) is 19.6 Å². The fourth-order valence-electron chi connectivity index (χ4n) is 2.03. The lowest BCUT2D eigenvalue weighted by Gasteiger charge is -2.18. The highest BCUT2D eigenvalue weighted by Gasteiger charge is 2.35. The molecule has 0 spiro atoms. The summed E-state index contributed by atoms with van der Waals surface area (Å²) in [6.07, 6.45) is 1.95. The quantitative estimate of drug-likeness (QED) is 0.880. The van der Waals surface area contributed by atoms with Gasteiger partial charge in [0.2, 0.25) is 10.0 Å². The molecular weight excluding hydrogens is 248 g/mol. The minimum absolute atomic E-state index is 0.197. The predicted octanol–water partition coefficient (Wildman–Crippen LogP) is 1.50. The summed E-state index contributed by atoms with van der Waals surface area (Å²) in [5.74, 6) is 0. The van der Waals surface area contributed by atoms with E-state index in [0.717, 1.165) is 24.0 Å². The highest BCUT2D eigenvalue weighted by Crippen LogP contribution is 2.31. The van der Waals surface area contributed by atoms with Crippen molar-refractivity contribution in [2.45, 2.75) is 37.2 Å². The zero-order valence-corrected chi connectivity index (χ0v) is 11.9. The highest BCUT2D eigenvalue weighted by molar-refractivity contribution is 7.89. The number of benzene rings is 1. The fourth-order valence-corrected chi connectivity index (χ4v) is 3.71. The first-order valence-corrected chi connectivity index (χ1v) is 7.63. The second kappa shape index (κ2) is 4.99. The molecule has 0 atom stereocenters. The van der Waals surface area contributed by atoms with E-state index >= 15 is 0 Å². The van der Waals surface area contributed by atoms with Crippen molar-refractivity contribution in [3.63, 3.8) is 0 Å². The van der Waals surface area contributed by atoms with Gasteiger partial charge in [0.1, 0.15) is 0 Å². The van der Waals surface area contributed by atoms with Crippen LogP contribution in [-0.2, 0) is 16.6 Å². The molecule has 0 saturated heterocycles. The Labute approximate surface area is 109 Å². The fraction of sp³-hybridized carbons (Fsp3) is 0.538. The van der Waals surface area contributed by atoms with Crippen LogP contribution in [0.25, 0.3) is 0 Å². The molecule has 0 bridgehead atoms. The monoisotopic (exact) mass is 268 g/mol. The Kier molecular flexibility index (Phi) is 3.75. The van der Waals surface area contributed by atoms with E-state index in [1.165, 1.54) is 4.31 Å². The van der Waals surface area contributed by atoms with Crippen LogP contribution in [0.2, 0.25) is 0 Å². The molecule has 0 amide bonds. The van der Waals surface area contributed by atoms with Gasteiger partial charge in [0.25, 0.3) is 0 Å². The zero-order chi connectivity index (χ0) is 13.3. The van der Waals surface area contributed by atoms with Crippen molar-refractivity contribution in [2.75, 3.05) is 14.1 Å². The first-order valence-electron chi connectivity index (χ1n) is 6.19. The van der Waals surface area contributed by atoms with Gasteiger partial charge in [-0.25, -0.2) is 8.42 Å². The molecule has 1 fully saturated rings. The van der Waals surface area contributed by atoms with E-state index in [1.807, 2.05) is 26.1 Å². The number of hydrogen-bond donors (Lipinski definition) is 1. The maximum absolute atomic E-state index is 12.5. The predicted molar refractivity (Wildman–Crippen MR) is 71.9 cm³/mol. The maximum atomic E-state index is 12.5. The maximum Gasteiger partial charge on any atom is 0.243 e. The molecule has 0 radical (unpaired) electrons. The third-order valence-corrected chi connectivity index (χ3v) is 5.40. The molecule has 5 heteroatoms. The lowest BCUT2D eigenvalue weighted by molar-refractivity contribution is 0.463. The Morgan fingerprint density at radius 3 is 2.61 bits per heavy atom. The van der Waals surface area contributed by atoms with Crippen molar-refractivity contribution in [2.24, 2.45) is 0 Å². The number of nitrogens with zero attached hydrogens (tertiary/aromatic N) is 1. The second-order valence-electron chi connectivity index (χ2n) is 4.88. The van der Waals surface area contributed by atoms with Crippen molar-refractivity contribution >= 4 is 10.0 Å². The van der Waals surface area contributed by atoms with E-state index in [9.17, 15) is 8.42 Å². The van der Waals surface area contributed by atoms with Crippen LogP contribution in [0.3, 0.4) is 0 Å². The lowest BCUT2D eigenvalue weighted by atomic mass is 10.1. The SMILES string of the molecule is CNCc1ccc(C)c(S(=O)(=O)N(C)C2CC2)c1. The van der Waals surface area contributed by atoms with Gasteiger partial charge in [-0.3, -0.25) is 0 Å². The molecule has 1 aliphatic carbocycles. The van der Waals surface area contributed by atoms with Gasteiger partial charge < -0.3 is 5.32 Å². The van der Waals surface area contributed by atoms with E-state index in [4.69, 9.17) is 0 Å². The summed E-state index contributed by atoms with van der Waals surface area (Å²) in [6, 6.07) is 5.81. The van der Waals surface area contributed by atoms with E-state index in [1.54, 1.807) is 13.1 Å². The van der Waals surface area contributed by atoms with Crippen molar-refractivity contribution in [1.82, 2.24) is 9.62 Å². The Hall–Kier alpha value is -0.910. The summed E-state index contributed by atoms with van der Waals surface area (Å²) in [5.41, 5.74) is 1.80. The van der Waals surface area contributed by atoms with Gasteiger partial charge >= 0.3 is 0 Å². The molecule has 100 valence electrons. The molecule has 0 aliphatic heterocycles. The molecule has 1 aromatic carbocycles. The van der Waals surface area contributed by atoms with Crippen LogP contribution >= 0.6 is 0 Å². The molecule has 1 N–H and O–H groups in total. The normalized spacial score (nSPS) is 16.2. The minimum atomic E-state index is -3.34. The second-order valence-corrected chi connectivity index (χ2v) is 6.85. The summed E-state index contributed by atoms with van der Waals surface area (Å²) in [6.45, 7) is 2.52. The number of nitrogens with one attached hydrogen (secondary N) is 1. The summed E-state index contributed by atoms with van der Waals surface area (Å²) < 4.78 is 26.5. The zero-order valence-electron chi connectivity index (χ0n) is 11.1. The average Bonchev–Trinajstić information content (AvgIpc) is 3.14. The molecule has 2 rings (SSSR count). The highest BCUT2D eigenvalue weighted by atomic mass is 32.2. The summed E-state index contributed by atoms with van der Waals surface area (Å²) >= 11 is 0. The first kappa shape index (κ1) is 13.5. The molecule has 0 heterocycles. The molecular formula is C13H20N2O2S. The Morgan fingerprint density at radius 2 is 2.06 bits per heavy atom. The molecule has 1 aliphatic rings. The third kappa shape index (κ3) is 2.58. The van der Waals surface area contributed by atoms with Gasteiger partial charge in [-0.1, -0.05) is 12.1 Å². The third-order valence-electron chi connectivity index (χ3n) is 3.35. The van der Waals surface area contributed by atoms with Gasteiger partial charge in [0.05, 0.1) is 4.90 Å². The van der Waals surface area contributed by atoms with Crippen molar-refractivity contribution in [1.29, 1.82) is 0 Å². The molecule has 4 nitrogen and oxygen atoms in total. The van der Waals surface area contributed by atoms with Gasteiger partial charge in [-0.05, 0) is 44.0 Å². The van der Waals surface area contributed by atoms with Crippen LogP contribution in [0, 0.1) is 6.92 Å². The molecule has 18 heavy (non-hydrogen) atoms. The van der Waals surface area contributed by atoms with E-state index in [2.05, 4.69) is 5.32 Å². The average molecular weight is 268 g/mol. The number of rotatable bonds is 5. The molecule has 0 aromatic heterocycles. The van der Waals surface area contributed by atoms with Crippen molar-refractivity contribution in [3.05, 3.63) is 29.3 Å². The lowest BCUT2D eigenvalue weighted by Crippen LogP contribution is -2.29. The van der Waals surface area contributed by atoms with E-state index in [-0.39, 0.29) is 6.04 Å². The smallest absolute Gasteiger partial charge is 0.243 e. The summed E-state index contributed by atoms with van der Waals surface area (Å²) in [7, 11) is 0.188. The Balaban J connectivity index is 2.39. The summed E-state index contributed by atoms with van der Waals surface area (Å²) in [5, 5.41) is 3.04. The number of aryl methyl sites for hydroxylation is 1. The first-order chi connectivity index (χ1) is 8.46. The largest absolute Gasteiger partial charge is 0.316 e. The standard InChI is InChI=1S/C13H20N2O2S/c1-10-4-5-11(9-14-2)8-13(10)18(16,17)15(3)12-6-7-12/h4-5,8,12,14H,6-7,9H2,1-3H3. The van der Waals surface area contributed by atoms with Crippen LogP contribution in [0.1, 0.15) is 24.0 Å². The number of hydrogen-bond acceptors (Lipinski definition) is 3.